The first-order chi connectivity index (χ1) is 14.1. The molecule has 0 radical (unpaired) electrons. The van der Waals surface area contributed by atoms with Gasteiger partial charge in [0.1, 0.15) is 11.8 Å². The van der Waals surface area contributed by atoms with E-state index in [-0.39, 0.29) is 11.9 Å². The molecule has 3 heterocycles. The van der Waals surface area contributed by atoms with Crippen molar-refractivity contribution in [3.63, 3.8) is 0 Å². The number of hydrogen-bond acceptors (Lipinski definition) is 6. The number of anilines is 1. The average molecular weight is 403 g/mol. The number of nitrogens with zero attached hydrogens (tertiary/aromatic N) is 3. The number of piperidine rings is 1. The first-order valence-electron chi connectivity index (χ1n) is 9.86. The number of hydrogen-bond donors (Lipinski definition) is 0. The molecule has 1 aromatic carbocycles. The molecule has 1 unspecified atom stereocenters. The second-order valence-electron chi connectivity index (χ2n) is 7.44. The molecule has 1 aromatic heterocycles. The lowest BCUT2D eigenvalue weighted by molar-refractivity contribution is -0.0497. The van der Waals surface area contributed by atoms with Gasteiger partial charge in [0.05, 0.1) is 36.1 Å². The molecule has 6 nitrogen and oxygen atoms in total. The van der Waals surface area contributed by atoms with Crippen molar-refractivity contribution in [2.24, 2.45) is 5.92 Å². The Bertz CT molecular complexity index is 889. The fraction of sp³-hybridized carbons (Fsp3) is 0.524. The maximum absolute atomic E-state index is 12.6. The van der Waals surface area contributed by atoms with E-state index < -0.39 is 6.61 Å². The van der Waals surface area contributed by atoms with Gasteiger partial charge in [-0.05, 0) is 37.5 Å². The predicted octanol–water partition coefficient (Wildman–Crippen LogP) is 3.73. The number of rotatable bonds is 6. The van der Waals surface area contributed by atoms with Crippen LogP contribution in [0.1, 0.15) is 24.8 Å². The van der Waals surface area contributed by atoms with Crippen molar-refractivity contribution in [3.05, 3.63) is 30.0 Å². The zero-order chi connectivity index (χ0) is 20.2. The number of benzene rings is 1. The third-order valence-corrected chi connectivity index (χ3v) is 5.51. The lowest BCUT2D eigenvalue weighted by Crippen LogP contribution is -2.38. The second-order valence-corrected chi connectivity index (χ2v) is 7.44. The maximum Gasteiger partial charge on any atom is 0.387 e. The van der Waals surface area contributed by atoms with E-state index in [2.05, 4.69) is 20.7 Å². The molecule has 2 fully saturated rings. The summed E-state index contributed by atoms with van der Waals surface area (Å²) in [6, 6.07) is 6.81. The topological polar surface area (TPSA) is 67.6 Å². The third-order valence-electron chi connectivity index (χ3n) is 5.51. The van der Waals surface area contributed by atoms with Crippen LogP contribution >= 0.6 is 0 Å². The molecule has 2 aromatic rings. The Morgan fingerprint density at radius 3 is 2.79 bits per heavy atom. The van der Waals surface area contributed by atoms with Crippen LogP contribution in [0.5, 0.6) is 5.75 Å². The average Bonchev–Trinajstić information content (AvgIpc) is 3.25. The molecule has 2 aliphatic heterocycles. The zero-order valence-electron chi connectivity index (χ0n) is 16.0. The Morgan fingerprint density at radius 2 is 2.10 bits per heavy atom. The minimum absolute atomic E-state index is 0.0580. The van der Waals surface area contributed by atoms with Gasteiger partial charge in [-0.3, -0.25) is 4.98 Å². The number of alkyl halides is 2. The first kappa shape index (κ1) is 19.8. The number of pyridine rings is 1. The van der Waals surface area contributed by atoms with Crippen LogP contribution in [0.3, 0.4) is 0 Å². The summed E-state index contributed by atoms with van der Waals surface area (Å²) in [6.45, 7) is 0.854. The molecule has 2 aliphatic rings. The Labute approximate surface area is 168 Å². The molecule has 154 valence electrons. The number of aromatic nitrogens is 1. The first-order valence-corrected chi connectivity index (χ1v) is 9.86. The minimum Gasteiger partial charge on any atom is -0.435 e. The fourth-order valence-electron chi connectivity index (χ4n) is 3.99. The van der Waals surface area contributed by atoms with Gasteiger partial charge in [0.25, 0.3) is 0 Å². The SMILES string of the molecule is N#Cc1cnc2ccc(OC(F)F)cc2c1N1CCC(OCC2CCOC2)CC1. The van der Waals surface area contributed by atoms with E-state index in [1.54, 1.807) is 6.07 Å². The van der Waals surface area contributed by atoms with Crippen molar-refractivity contribution in [2.75, 3.05) is 37.8 Å². The number of nitriles is 1. The van der Waals surface area contributed by atoms with Crippen LogP contribution in [-0.2, 0) is 9.47 Å². The minimum atomic E-state index is -2.90. The summed E-state index contributed by atoms with van der Waals surface area (Å²) in [5.41, 5.74) is 1.79. The molecule has 0 bridgehead atoms. The Morgan fingerprint density at radius 1 is 1.28 bits per heavy atom. The van der Waals surface area contributed by atoms with Gasteiger partial charge >= 0.3 is 6.61 Å². The second kappa shape index (κ2) is 8.89. The highest BCUT2D eigenvalue weighted by Crippen LogP contribution is 2.34. The van der Waals surface area contributed by atoms with Crippen molar-refractivity contribution >= 4 is 16.6 Å². The van der Waals surface area contributed by atoms with Gasteiger partial charge in [-0.15, -0.1) is 0 Å². The molecule has 8 heteroatoms. The Balaban J connectivity index is 1.51. The summed E-state index contributed by atoms with van der Waals surface area (Å²) in [5.74, 6) is 0.540. The lowest BCUT2D eigenvalue weighted by atomic mass is 10.0. The zero-order valence-corrected chi connectivity index (χ0v) is 16.0. The summed E-state index contributed by atoms with van der Waals surface area (Å²) < 4.78 is 41.3. The van der Waals surface area contributed by atoms with E-state index in [1.165, 1.54) is 18.3 Å². The standard InChI is InChI=1S/C21H23F2N3O3/c22-21(23)29-17-1-2-19-18(9-17)20(15(10-24)11-25-19)26-6-3-16(4-7-26)28-13-14-5-8-27-12-14/h1-2,9,11,14,16,21H,3-8,12-13H2. The van der Waals surface area contributed by atoms with Crippen molar-refractivity contribution in [2.45, 2.75) is 32.0 Å². The van der Waals surface area contributed by atoms with E-state index in [1.807, 2.05) is 0 Å². The van der Waals surface area contributed by atoms with Gasteiger partial charge in [0.15, 0.2) is 0 Å². The highest BCUT2D eigenvalue weighted by molar-refractivity contribution is 5.95. The largest absolute Gasteiger partial charge is 0.435 e. The molecule has 0 spiro atoms. The lowest BCUT2D eigenvalue weighted by Gasteiger charge is -2.35. The van der Waals surface area contributed by atoms with Crippen LogP contribution < -0.4 is 9.64 Å². The van der Waals surface area contributed by atoms with E-state index >= 15 is 0 Å². The third kappa shape index (κ3) is 4.57. The summed E-state index contributed by atoms with van der Waals surface area (Å²) in [5, 5.41) is 10.2. The van der Waals surface area contributed by atoms with Gasteiger partial charge in [0, 0.05) is 37.2 Å². The highest BCUT2D eigenvalue weighted by Gasteiger charge is 2.25. The molecule has 29 heavy (non-hydrogen) atoms. The quantitative estimate of drug-likeness (QED) is 0.732. The highest BCUT2D eigenvalue weighted by atomic mass is 19.3. The molecule has 1 atom stereocenters. The van der Waals surface area contributed by atoms with E-state index in [0.29, 0.717) is 22.4 Å². The number of fused-ring (bicyclic) bond motifs is 1. The maximum atomic E-state index is 12.6. The molecular formula is C21H23F2N3O3. The van der Waals surface area contributed by atoms with Crippen molar-refractivity contribution in [3.8, 4) is 11.8 Å². The van der Waals surface area contributed by atoms with Crippen LogP contribution in [0.2, 0.25) is 0 Å². The van der Waals surface area contributed by atoms with Crippen LogP contribution in [0.25, 0.3) is 10.9 Å². The molecule has 2 saturated heterocycles. The van der Waals surface area contributed by atoms with E-state index in [9.17, 15) is 14.0 Å². The van der Waals surface area contributed by atoms with Crippen LogP contribution in [0.15, 0.2) is 24.4 Å². The Kier molecular flexibility index (Phi) is 6.07. The van der Waals surface area contributed by atoms with Gasteiger partial charge in [0.2, 0.25) is 0 Å². The van der Waals surface area contributed by atoms with Crippen molar-refractivity contribution < 1.29 is 23.0 Å². The van der Waals surface area contributed by atoms with Crippen LogP contribution in [0, 0.1) is 17.2 Å². The van der Waals surface area contributed by atoms with Crippen LogP contribution in [0.4, 0.5) is 14.5 Å². The van der Waals surface area contributed by atoms with Gasteiger partial charge in [-0.1, -0.05) is 0 Å². The summed E-state index contributed by atoms with van der Waals surface area (Å²) in [7, 11) is 0. The molecule has 0 saturated carbocycles. The fourth-order valence-corrected chi connectivity index (χ4v) is 3.99. The predicted molar refractivity (Wildman–Crippen MR) is 103 cm³/mol. The number of ether oxygens (including phenoxy) is 3. The Hall–Kier alpha value is -2.50. The van der Waals surface area contributed by atoms with Crippen molar-refractivity contribution in [1.82, 2.24) is 4.98 Å². The summed E-state index contributed by atoms with van der Waals surface area (Å²) in [6.07, 6.45) is 4.46. The molecule has 4 rings (SSSR count). The number of halogens is 2. The van der Waals surface area contributed by atoms with Gasteiger partial charge in [-0.2, -0.15) is 14.0 Å². The van der Waals surface area contributed by atoms with E-state index in [0.717, 1.165) is 57.9 Å². The summed E-state index contributed by atoms with van der Waals surface area (Å²) >= 11 is 0. The summed E-state index contributed by atoms with van der Waals surface area (Å²) in [4.78, 5) is 6.41. The molecule has 0 N–H and O–H groups in total. The van der Waals surface area contributed by atoms with Crippen LogP contribution in [-0.4, -0.2) is 50.6 Å². The molecule has 0 amide bonds. The normalized spacial score (nSPS) is 20.3. The van der Waals surface area contributed by atoms with Crippen molar-refractivity contribution in [1.29, 1.82) is 5.26 Å². The van der Waals surface area contributed by atoms with Gasteiger partial charge in [-0.25, -0.2) is 0 Å². The monoisotopic (exact) mass is 403 g/mol. The molecule has 0 aliphatic carbocycles. The molecular weight excluding hydrogens is 380 g/mol. The smallest absolute Gasteiger partial charge is 0.387 e. The van der Waals surface area contributed by atoms with Gasteiger partial charge < -0.3 is 19.1 Å². The van der Waals surface area contributed by atoms with E-state index in [4.69, 9.17) is 9.47 Å².